The van der Waals surface area contributed by atoms with Crippen molar-refractivity contribution < 1.29 is 8.78 Å². The Hall–Kier alpha value is -2.40. The van der Waals surface area contributed by atoms with E-state index in [0.717, 1.165) is 0 Å². The van der Waals surface area contributed by atoms with E-state index in [0.29, 0.717) is 21.2 Å². The van der Waals surface area contributed by atoms with Gasteiger partial charge in [-0.25, -0.2) is 0 Å². The fraction of sp³-hybridized carbons (Fsp3) is 0.0400. The van der Waals surface area contributed by atoms with Crippen LogP contribution >= 0.6 is 15.8 Å². The molecule has 0 aromatic heterocycles. The number of hydrogen-bond acceptors (Lipinski definition) is 0. The van der Waals surface area contributed by atoms with Crippen molar-refractivity contribution in [2.75, 3.05) is 0 Å². The van der Waals surface area contributed by atoms with E-state index in [1.54, 1.807) is 0 Å². The van der Waals surface area contributed by atoms with Crippen LogP contribution in [0.3, 0.4) is 0 Å². The Morgan fingerprint density at radius 1 is 0.379 bits per heavy atom. The lowest BCUT2D eigenvalue weighted by Crippen LogP contribution is -2.32. The summed E-state index contributed by atoms with van der Waals surface area (Å²) >= 11 is 0. The molecule has 0 atom stereocenters. The fourth-order valence-electron chi connectivity index (χ4n) is 3.33. The maximum absolute atomic E-state index is 16.6. The normalized spacial score (nSPS) is 11.7. The van der Waals surface area contributed by atoms with Gasteiger partial charge in [0.05, 0.1) is 0 Å². The fourth-order valence-corrected chi connectivity index (χ4v) is 9.23. The Morgan fingerprint density at radius 2 is 0.586 bits per heavy atom. The summed E-state index contributed by atoms with van der Waals surface area (Å²) in [5.74, 6) is 0. The first kappa shape index (κ1) is 19.9. The molecule has 4 rings (SSSR count). The van der Waals surface area contributed by atoms with Crippen LogP contribution in [0.15, 0.2) is 121 Å². The van der Waals surface area contributed by atoms with Crippen molar-refractivity contribution in [3.63, 3.8) is 0 Å². The van der Waals surface area contributed by atoms with Gasteiger partial charge in [0.1, 0.15) is 0 Å². The first-order chi connectivity index (χ1) is 14.2. The topological polar surface area (TPSA) is 0 Å². The first-order valence-corrected chi connectivity index (χ1v) is 12.0. The predicted molar refractivity (Wildman–Crippen MR) is 123 cm³/mol. The summed E-state index contributed by atoms with van der Waals surface area (Å²) in [6, 6.07) is 36.9. The third-order valence-corrected chi connectivity index (χ3v) is 10.1. The molecule has 29 heavy (non-hydrogen) atoms. The van der Waals surface area contributed by atoms with Crippen LogP contribution < -0.4 is 21.2 Å². The molecule has 0 radical (unpaired) electrons. The number of rotatable bonds is 6. The van der Waals surface area contributed by atoms with Crippen molar-refractivity contribution in [2.24, 2.45) is 0 Å². The van der Waals surface area contributed by atoms with Crippen molar-refractivity contribution in [1.82, 2.24) is 0 Å². The molecule has 144 valence electrons. The van der Waals surface area contributed by atoms with Gasteiger partial charge in [-0.2, -0.15) is 8.78 Å². The zero-order valence-electron chi connectivity index (χ0n) is 15.7. The lowest BCUT2D eigenvalue weighted by atomic mass is 10.4. The molecule has 0 amide bonds. The van der Waals surface area contributed by atoms with Crippen LogP contribution in [0.5, 0.6) is 0 Å². The van der Waals surface area contributed by atoms with Crippen LogP contribution in [-0.2, 0) is 0 Å². The summed E-state index contributed by atoms with van der Waals surface area (Å²) in [7, 11) is -3.77. The monoisotopic (exact) mass is 420 g/mol. The predicted octanol–water partition coefficient (Wildman–Crippen LogP) is 5.80. The Morgan fingerprint density at radius 3 is 0.793 bits per heavy atom. The van der Waals surface area contributed by atoms with Gasteiger partial charge in [0.25, 0.3) is 5.40 Å². The summed E-state index contributed by atoms with van der Waals surface area (Å²) in [4.78, 5) is 0. The van der Waals surface area contributed by atoms with E-state index in [9.17, 15) is 0 Å². The highest BCUT2D eigenvalue weighted by Crippen LogP contribution is 2.66. The van der Waals surface area contributed by atoms with Gasteiger partial charge in [0.2, 0.25) is 0 Å². The van der Waals surface area contributed by atoms with E-state index in [1.807, 2.05) is 121 Å². The van der Waals surface area contributed by atoms with Crippen molar-refractivity contribution in [3.05, 3.63) is 121 Å². The zero-order chi connectivity index (χ0) is 20.1. The summed E-state index contributed by atoms with van der Waals surface area (Å²) in [6.45, 7) is 0. The second kappa shape index (κ2) is 8.95. The number of benzene rings is 4. The van der Waals surface area contributed by atoms with Gasteiger partial charge in [-0.3, -0.25) is 0 Å². The number of alkyl halides is 2. The molecule has 0 bridgehead atoms. The largest absolute Gasteiger partial charge is 0.296 e. The van der Waals surface area contributed by atoms with E-state index >= 15 is 8.78 Å². The standard InChI is InChI=1S/C25H20F2P2/c26-25(27,28(21-13-5-1-6-14-21)22-15-7-2-8-16-22)29(23-17-9-3-10-18-23)24-19-11-4-12-20-24/h1-20H. The summed E-state index contributed by atoms with van der Waals surface area (Å²) in [5, 5.41) is -0.150. The average Bonchev–Trinajstić information content (AvgIpc) is 2.77. The molecule has 0 aliphatic rings. The van der Waals surface area contributed by atoms with Gasteiger partial charge in [0, 0.05) is 15.8 Å². The van der Waals surface area contributed by atoms with Crippen molar-refractivity contribution in [2.45, 2.75) is 5.40 Å². The Balaban J connectivity index is 1.91. The second-order valence-corrected chi connectivity index (χ2v) is 11.4. The molecule has 0 aliphatic heterocycles. The maximum Gasteiger partial charge on any atom is 0.296 e. The molecule has 0 heterocycles. The Kier molecular flexibility index (Phi) is 6.14. The van der Waals surface area contributed by atoms with Gasteiger partial charge >= 0.3 is 0 Å². The minimum Gasteiger partial charge on any atom is -0.195 e. The molecule has 4 aromatic rings. The minimum absolute atomic E-state index is 0.693. The number of hydrogen-bond donors (Lipinski definition) is 0. The molecule has 0 aliphatic carbocycles. The summed E-state index contributed by atoms with van der Waals surface area (Å²) in [5.41, 5.74) is 0. The Labute approximate surface area is 172 Å². The summed E-state index contributed by atoms with van der Waals surface area (Å²) < 4.78 is 33.1. The molecule has 0 N–H and O–H groups in total. The molecular weight excluding hydrogens is 400 g/mol. The SMILES string of the molecule is FC(F)(P(c1ccccc1)c1ccccc1)P(c1ccccc1)c1ccccc1. The van der Waals surface area contributed by atoms with Crippen LogP contribution in [-0.4, -0.2) is 5.40 Å². The van der Waals surface area contributed by atoms with Gasteiger partial charge in [-0.05, 0) is 21.2 Å². The minimum atomic E-state index is -2.92. The van der Waals surface area contributed by atoms with Crippen LogP contribution in [0.2, 0.25) is 0 Å². The zero-order valence-corrected chi connectivity index (χ0v) is 17.5. The van der Waals surface area contributed by atoms with Gasteiger partial charge in [-0.15, -0.1) is 0 Å². The molecule has 4 heteroatoms. The molecule has 4 aromatic carbocycles. The molecule has 0 nitrogen and oxygen atoms in total. The number of halogens is 2. The highest BCUT2D eigenvalue weighted by molar-refractivity contribution is 7.90. The van der Waals surface area contributed by atoms with Gasteiger partial charge in [0.15, 0.2) is 0 Å². The van der Waals surface area contributed by atoms with E-state index in [2.05, 4.69) is 0 Å². The second-order valence-electron chi connectivity index (χ2n) is 6.52. The van der Waals surface area contributed by atoms with Crippen molar-refractivity contribution in [3.8, 4) is 0 Å². The molecule has 0 spiro atoms. The van der Waals surface area contributed by atoms with E-state index in [1.165, 1.54) is 0 Å². The van der Waals surface area contributed by atoms with E-state index in [-0.39, 0.29) is 0 Å². The average molecular weight is 420 g/mol. The van der Waals surface area contributed by atoms with E-state index < -0.39 is 21.2 Å². The molecule has 0 saturated heterocycles. The molecule has 0 unspecified atom stereocenters. The van der Waals surface area contributed by atoms with Gasteiger partial charge < -0.3 is 0 Å². The van der Waals surface area contributed by atoms with E-state index in [4.69, 9.17) is 0 Å². The lowest BCUT2D eigenvalue weighted by molar-refractivity contribution is 0.202. The smallest absolute Gasteiger partial charge is 0.195 e. The lowest BCUT2D eigenvalue weighted by Gasteiger charge is -2.35. The highest BCUT2D eigenvalue weighted by Gasteiger charge is 2.49. The molecule has 0 saturated carbocycles. The van der Waals surface area contributed by atoms with Crippen molar-refractivity contribution in [1.29, 1.82) is 0 Å². The first-order valence-electron chi connectivity index (χ1n) is 9.36. The van der Waals surface area contributed by atoms with Crippen LogP contribution in [0, 0.1) is 0 Å². The quantitative estimate of drug-likeness (QED) is 0.346. The highest BCUT2D eigenvalue weighted by atomic mass is 31.2. The van der Waals surface area contributed by atoms with Crippen LogP contribution in [0.4, 0.5) is 8.78 Å². The third-order valence-electron chi connectivity index (χ3n) is 4.60. The van der Waals surface area contributed by atoms with Crippen molar-refractivity contribution >= 4 is 37.1 Å². The van der Waals surface area contributed by atoms with Gasteiger partial charge in [-0.1, -0.05) is 121 Å². The van der Waals surface area contributed by atoms with Crippen LogP contribution in [0.25, 0.3) is 0 Å². The van der Waals surface area contributed by atoms with Crippen LogP contribution in [0.1, 0.15) is 0 Å². The summed E-state index contributed by atoms with van der Waals surface area (Å²) in [6.07, 6.45) is 0. The Bertz CT molecular complexity index is 859. The maximum atomic E-state index is 16.6. The molecule has 0 fully saturated rings. The third kappa shape index (κ3) is 4.30. The molecular formula is C25H20F2P2.